The number of thiophene rings is 1. The number of hydrogen-bond acceptors (Lipinski definition) is 3. The van der Waals surface area contributed by atoms with Gasteiger partial charge in [0.2, 0.25) is 0 Å². The zero-order chi connectivity index (χ0) is 13.1. The van der Waals surface area contributed by atoms with E-state index in [0.717, 1.165) is 34.2 Å². The van der Waals surface area contributed by atoms with Gasteiger partial charge in [-0.2, -0.15) is 0 Å². The molecule has 0 atom stereocenters. The second-order valence-electron chi connectivity index (χ2n) is 4.10. The van der Waals surface area contributed by atoms with E-state index in [4.69, 9.17) is 9.84 Å². The third-order valence-electron chi connectivity index (χ3n) is 2.73. The van der Waals surface area contributed by atoms with Gasteiger partial charge in [0.15, 0.2) is 0 Å². The quantitative estimate of drug-likeness (QED) is 0.889. The first-order chi connectivity index (χ1) is 8.65. The number of carboxylic acid groups (broad SMARTS) is 1. The molecule has 0 amide bonds. The van der Waals surface area contributed by atoms with Gasteiger partial charge in [0, 0.05) is 4.70 Å². The Balaban J connectivity index is 2.53. The van der Waals surface area contributed by atoms with Crippen molar-refractivity contribution in [1.82, 2.24) is 0 Å². The molecule has 2 rings (SSSR count). The molecule has 0 aliphatic carbocycles. The summed E-state index contributed by atoms with van der Waals surface area (Å²) >= 11 is 1.32. The fourth-order valence-electron chi connectivity index (χ4n) is 1.97. The first-order valence-corrected chi connectivity index (χ1v) is 6.90. The summed E-state index contributed by atoms with van der Waals surface area (Å²) in [7, 11) is 0. The highest BCUT2D eigenvalue weighted by atomic mass is 32.1. The number of aromatic carboxylic acids is 1. The summed E-state index contributed by atoms with van der Waals surface area (Å²) in [5.74, 6) is 0.00721. The van der Waals surface area contributed by atoms with Gasteiger partial charge in [0.25, 0.3) is 0 Å². The molecule has 4 heteroatoms. The van der Waals surface area contributed by atoms with Crippen LogP contribution >= 0.6 is 11.3 Å². The minimum absolute atomic E-state index is 0.376. The maximum Gasteiger partial charge on any atom is 0.345 e. The zero-order valence-corrected chi connectivity index (χ0v) is 11.3. The van der Waals surface area contributed by atoms with Gasteiger partial charge in [-0.3, -0.25) is 0 Å². The summed E-state index contributed by atoms with van der Waals surface area (Å²) in [6, 6.07) is 5.72. The van der Waals surface area contributed by atoms with Crippen LogP contribution in [0.2, 0.25) is 0 Å². The fourth-order valence-corrected chi connectivity index (χ4v) is 2.92. The molecule has 2 aromatic rings. The van der Waals surface area contributed by atoms with Crippen LogP contribution in [0.1, 0.15) is 35.5 Å². The number of rotatable bonds is 5. The standard InChI is InChI=1S/C14H16O3S/c1-3-5-9-7-12-10(6-11(9)17-4-2)8-13(18-12)14(15)16/h6-8H,3-5H2,1-2H3,(H,15,16). The number of carbonyl (C=O) groups is 1. The van der Waals surface area contributed by atoms with Crippen molar-refractivity contribution < 1.29 is 14.6 Å². The third-order valence-corrected chi connectivity index (χ3v) is 3.82. The molecule has 1 aromatic carbocycles. The van der Waals surface area contributed by atoms with Crippen LogP contribution < -0.4 is 4.74 Å². The molecule has 1 heterocycles. The topological polar surface area (TPSA) is 46.5 Å². The largest absolute Gasteiger partial charge is 0.494 e. The molecular formula is C14H16O3S. The molecule has 0 saturated heterocycles. The van der Waals surface area contributed by atoms with Gasteiger partial charge in [-0.15, -0.1) is 11.3 Å². The Bertz CT molecular complexity index is 529. The second kappa shape index (κ2) is 5.40. The third kappa shape index (κ3) is 2.48. The first-order valence-electron chi connectivity index (χ1n) is 6.08. The van der Waals surface area contributed by atoms with Crippen molar-refractivity contribution in [2.45, 2.75) is 26.7 Å². The maximum absolute atomic E-state index is 11.0. The molecule has 96 valence electrons. The van der Waals surface area contributed by atoms with Gasteiger partial charge in [0.1, 0.15) is 10.6 Å². The van der Waals surface area contributed by atoms with Crippen molar-refractivity contribution in [3.05, 3.63) is 28.6 Å². The summed E-state index contributed by atoms with van der Waals surface area (Å²) in [6.07, 6.45) is 1.99. The van der Waals surface area contributed by atoms with Crippen molar-refractivity contribution in [2.75, 3.05) is 6.61 Å². The Kier molecular flexibility index (Phi) is 3.87. The van der Waals surface area contributed by atoms with Crippen molar-refractivity contribution in [3.63, 3.8) is 0 Å². The van der Waals surface area contributed by atoms with Crippen molar-refractivity contribution in [2.24, 2.45) is 0 Å². The summed E-state index contributed by atoms with van der Waals surface area (Å²) < 4.78 is 6.64. The lowest BCUT2D eigenvalue weighted by Gasteiger charge is -2.09. The summed E-state index contributed by atoms with van der Waals surface area (Å²) in [4.78, 5) is 11.3. The van der Waals surface area contributed by atoms with Crippen LogP contribution in [0.25, 0.3) is 10.1 Å². The molecule has 0 unspecified atom stereocenters. The monoisotopic (exact) mass is 264 g/mol. The Hall–Kier alpha value is -1.55. The predicted octanol–water partition coefficient (Wildman–Crippen LogP) is 3.95. The Morgan fingerprint density at radius 1 is 1.33 bits per heavy atom. The highest BCUT2D eigenvalue weighted by Crippen LogP contribution is 2.32. The van der Waals surface area contributed by atoms with Crippen LogP contribution in [0, 0.1) is 0 Å². The van der Waals surface area contributed by atoms with Gasteiger partial charge in [0.05, 0.1) is 6.61 Å². The fraction of sp³-hybridized carbons (Fsp3) is 0.357. The van der Waals surface area contributed by atoms with E-state index >= 15 is 0 Å². The lowest BCUT2D eigenvalue weighted by atomic mass is 10.1. The molecule has 18 heavy (non-hydrogen) atoms. The highest BCUT2D eigenvalue weighted by molar-refractivity contribution is 7.20. The Morgan fingerprint density at radius 3 is 2.72 bits per heavy atom. The molecule has 3 nitrogen and oxygen atoms in total. The number of ether oxygens (including phenoxy) is 1. The van der Waals surface area contributed by atoms with Crippen molar-refractivity contribution in [3.8, 4) is 5.75 Å². The van der Waals surface area contributed by atoms with Crippen molar-refractivity contribution >= 4 is 27.4 Å². The SMILES string of the molecule is CCCc1cc2sc(C(=O)O)cc2cc1OCC. The zero-order valence-electron chi connectivity index (χ0n) is 10.5. The minimum atomic E-state index is -0.869. The van der Waals surface area contributed by atoms with Crippen molar-refractivity contribution in [1.29, 1.82) is 0 Å². The molecule has 0 saturated carbocycles. The van der Waals surface area contributed by atoms with E-state index in [1.807, 2.05) is 13.0 Å². The lowest BCUT2D eigenvalue weighted by molar-refractivity contribution is 0.0702. The molecule has 0 radical (unpaired) electrons. The number of benzene rings is 1. The summed E-state index contributed by atoms with van der Waals surface area (Å²) in [6.45, 7) is 4.70. The van der Waals surface area contributed by atoms with E-state index in [-0.39, 0.29) is 0 Å². The average Bonchev–Trinajstić information content (AvgIpc) is 2.73. The van der Waals surface area contributed by atoms with Gasteiger partial charge < -0.3 is 9.84 Å². The molecule has 1 aromatic heterocycles. The van der Waals surface area contributed by atoms with Crippen LogP contribution in [0.15, 0.2) is 18.2 Å². The van der Waals surface area contributed by atoms with Gasteiger partial charge in [-0.1, -0.05) is 13.3 Å². The van der Waals surface area contributed by atoms with Gasteiger partial charge in [-0.05, 0) is 42.5 Å². The van der Waals surface area contributed by atoms with Crippen LogP contribution in [0.3, 0.4) is 0 Å². The molecule has 0 fully saturated rings. The molecule has 0 spiro atoms. The molecule has 1 N–H and O–H groups in total. The number of fused-ring (bicyclic) bond motifs is 1. The number of carboxylic acids is 1. The molecular weight excluding hydrogens is 248 g/mol. The first kappa shape index (κ1) is 12.9. The lowest BCUT2D eigenvalue weighted by Crippen LogP contribution is -1.96. The summed E-state index contributed by atoms with van der Waals surface area (Å²) in [5.41, 5.74) is 1.16. The van der Waals surface area contributed by atoms with Crippen LogP contribution in [-0.4, -0.2) is 17.7 Å². The van der Waals surface area contributed by atoms with Gasteiger partial charge >= 0.3 is 5.97 Å². The van der Waals surface area contributed by atoms with E-state index in [2.05, 4.69) is 13.0 Å². The maximum atomic E-state index is 11.0. The Labute approximate surface area is 110 Å². The van der Waals surface area contributed by atoms with Crippen LogP contribution in [-0.2, 0) is 6.42 Å². The second-order valence-corrected chi connectivity index (χ2v) is 5.18. The normalized spacial score (nSPS) is 10.8. The van der Waals surface area contributed by atoms with Gasteiger partial charge in [-0.25, -0.2) is 4.79 Å². The van der Waals surface area contributed by atoms with Crippen LogP contribution in [0.4, 0.5) is 0 Å². The molecule has 0 aliphatic rings. The average molecular weight is 264 g/mol. The Morgan fingerprint density at radius 2 is 2.11 bits per heavy atom. The molecule has 0 bridgehead atoms. The predicted molar refractivity (Wildman–Crippen MR) is 73.9 cm³/mol. The smallest absolute Gasteiger partial charge is 0.345 e. The van der Waals surface area contributed by atoms with Crippen LogP contribution in [0.5, 0.6) is 5.75 Å². The van der Waals surface area contributed by atoms with E-state index in [1.165, 1.54) is 11.3 Å². The van der Waals surface area contributed by atoms with E-state index in [9.17, 15) is 4.79 Å². The highest BCUT2D eigenvalue weighted by Gasteiger charge is 2.12. The molecule has 0 aliphatic heterocycles. The number of aryl methyl sites for hydroxylation is 1. The summed E-state index contributed by atoms with van der Waals surface area (Å²) in [5, 5.41) is 9.96. The van der Waals surface area contributed by atoms with E-state index in [0.29, 0.717) is 11.5 Å². The number of hydrogen-bond donors (Lipinski definition) is 1. The van der Waals surface area contributed by atoms with E-state index < -0.39 is 5.97 Å². The van der Waals surface area contributed by atoms with E-state index in [1.54, 1.807) is 6.07 Å². The minimum Gasteiger partial charge on any atom is -0.494 e.